The van der Waals surface area contributed by atoms with Crippen LogP contribution in [0, 0.1) is 11.7 Å². The zero-order valence-corrected chi connectivity index (χ0v) is 17.2. The Hall–Kier alpha value is -1.66. The molecule has 3 rings (SSSR count). The van der Waals surface area contributed by atoms with E-state index < -0.39 is 0 Å². The van der Waals surface area contributed by atoms with Gasteiger partial charge in [-0.05, 0) is 43.9 Å². The van der Waals surface area contributed by atoms with Gasteiger partial charge in [-0.2, -0.15) is 0 Å². The molecule has 1 aromatic carbocycles. The Morgan fingerprint density at radius 2 is 2.26 bits per heavy atom. The standard InChI is InChI=1S/C21H30FN3OS/c1-3-4-5-11-26-20-9-8-17(12-19(20)22)23-21-24-18(15-27-21)14-25-10-6-7-16(2)13-25/h8-9,12,15-16H,3-7,10-11,13-14H2,1-2H3,(H,23,24). The molecule has 1 aliphatic heterocycles. The van der Waals surface area contributed by atoms with Crippen molar-refractivity contribution in [2.75, 3.05) is 25.0 Å². The lowest BCUT2D eigenvalue weighted by molar-refractivity contribution is 0.175. The second-order valence-electron chi connectivity index (χ2n) is 7.45. The number of piperidine rings is 1. The Kier molecular flexibility index (Phi) is 7.47. The summed E-state index contributed by atoms with van der Waals surface area (Å²) in [5, 5.41) is 6.09. The van der Waals surface area contributed by atoms with Crippen LogP contribution in [-0.4, -0.2) is 29.6 Å². The van der Waals surface area contributed by atoms with Gasteiger partial charge in [-0.3, -0.25) is 4.90 Å². The van der Waals surface area contributed by atoms with E-state index in [1.807, 2.05) is 6.07 Å². The second-order valence-corrected chi connectivity index (χ2v) is 8.31. The highest BCUT2D eigenvalue weighted by Crippen LogP contribution is 2.26. The number of anilines is 2. The van der Waals surface area contributed by atoms with Crippen LogP contribution in [0.4, 0.5) is 15.2 Å². The van der Waals surface area contributed by atoms with Gasteiger partial charge >= 0.3 is 0 Å². The van der Waals surface area contributed by atoms with E-state index in [9.17, 15) is 4.39 Å². The van der Waals surface area contributed by atoms with Crippen LogP contribution in [0.15, 0.2) is 23.6 Å². The molecule has 1 atom stereocenters. The number of hydrogen-bond donors (Lipinski definition) is 1. The molecule has 2 heterocycles. The van der Waals surface area contributed by atoms with Gasteiger partial charge in [0.15, 0.2) is 16.7 Å². The van der Waals surface area contributed by atoms with Crippen LogP contribution >= 0.6 is 11.3 Å². The average molecular weight is 392 g/mol. The molecule has 27 heavy (non-hydrogen) atoms. The van der Waals surface area contributed by atoms with E-state index in [-0.39, 0.29) is 5.82 Å². The normalized spacial score (nSPS) is 17.8. The molecule has 1 aliphatic rings. The first kappa shape index (κ1) is 20.1. The molecule has 0 radical (unpaired) electrons. The highest BCUT2D eigenvalue weighted by molar-refractivity contribution is 7.13. The van der Waals surface area contributed by atoms with Gasteiger partial charge < -0.3 is 10.1 Å². The van der Waals surface area contributed by atoms with E-state index in [0.717, 1.165) is 55.6 Å². The van der Waals surface area contributed by atoms with Gasteiger partial charge in [-0.1, -0.05) is 26.7 Å². The SMILES string of the molecule is CCCCCOc1ccc(Nc2nc(CN3CCCC(C)C3)cs2)cc1F. The molecule has 0 amide bonds. The number of unbranched alkanes of at least 4 members (excludes halogenated alkanes) is 2. The Balaban J connectivity index is 1.53. The number of benzene rings is 1. The Morgan fingerprint density at radius 1 is 1.37 bits per heavy atom. The molecule has 1 unspecified atom stereocenters. The highest BCUT2D eigenvalue weighted by Gasteiger charge is 2.17. The summed E-state index contributed by atoms with van der Waals surface area (Å²) in [5.41, 5.74) is 1.77. The third kappa shape index (κ3) is 6.18. The van der Waals surface area contributed by atoms with E-state index in [1.165, 1.54) is 18.9 Å². The number of nitrogens with one attached hydrogen (secondary N) is 1. The van der Waals surface area contributed by atoms with Gasteiger partial charge in [-0.25, -0.2) is 9.37 Å². The fourth-order valence-corrected chi connectivity index (χ4v) is 4.17. The summed E-state index contributed by atoms with van der Waals surface area (Å²) in [6.45, 7) is 8.19. The summed E-state index contributed by atoms with van der Waals surface area (Å²) in [6, 6.07) is 5.00. The number of halogens is 1. The quantitative estimate of drug-likeness (QED) is 0.546. The van der Waals surface area contributed by atoms with Crippen LogP contribution < -0.4 is 10.1 Å². The van der Waals surface area contributed by atoms with Crippen molar-refractivity contribution in [1.29, 1.82) is 0 Å². The van der Waals surface area contributed by atoms with Crippen LogP contribution in [0.3, 0.4) is 0 Å². The minimum atomic E-state index is -0.337. The molecule has 6 heteroatoms. The van der Waals surface area contributed by atoms with Gasteiger partial charge in [-0.15, -0.1) is 11.3 Å². The Bertz CT molecular complexity index is 721. The van der Waals surface area contributed by atoms with Gasteiger partial charge in [0.2, 0.25) is 0 Å². The van der Waals surface area contributed by atoms with Gasteiger partial charge in [0, 0.05) is 30.2 Å². The molecule has 1 aromatic heterocycles. The number of hydrogen-bond acceptors (Lipinski definition) is 5. The molecular formula is C21H30FN3OS. The molecule has 2 aromatic rings. The topological polar surface area (TPSA) is 37.4 Å². The number of likely N-dealkylation sites (tertiary alicyclic amines) is 1. The zero-order valence-electron chi connectivity index (χ0n) is 16.3. The molecule has 0 saturated carbocycles. The molecule has 148 valence electrons. The number of rotatable bonds is 9. The van der Waals surface area contributed by atoms with Crippen molar-refractivity contribution in [2.45, 2.75) is 52.5 Å². The van der Waals surface area contributed by atoms with E-state index in [2.05, 4.69) is 34.4 Å². The summed E-state index contributed by atoms with van der Waals surface area (Å²) in [7, 11) is 0. The van der Waals surface area contributed by atoms with Crippen molar-refractivity contribution in [1.82, 2.24) is 9.88 Å². The summed E-state index contributed by atoms with van der Waals surface area (Å²) < 4.78 is 19.7. The molecular weight excluding hydrogens is 361 g/mol. The van der Waals surface area contributed by atoms with Crippen molar-refractivity contribution < 1.29 is 9.13 Å². The van der Waals surface area contributed by atoms with Crippen molar-refractivity contribution in [2.24, 2.45) is 5.92 Å². The maximum absolute atomic E-state index is 14.2. The molecule has 0 bridgehead atoms. The van der Waals surface area contributed by atoms with E-state index in [0.29, 0.717) is 18.0 Å². The molecule has 0 spiro atoms. The van der Waals surface area contributed by atoms with Crippen molar-refractivity contribution >= 4 is 22.2 Å². The molecule has 0 aliphatic carbocycles. The molecule has 4 nitrogen and oxygen atoms in total. The number of nitrogens with zero attached hydrogens (tertiary/aromatic N) is 2. The third-order valence-corrected chi connectivity index (χ3v) is 5.67. The Labute approximate surface area is 165 Å². The monoisotopic (exact) mass is 391 g/mol. The lowest BCUT2D eigenvalue weighted by Gasteiger charge is -2.30. The van der Waals surface area contributed by atoms with E-state index in [1.54, 1.807) is 17.4 Å². The molecule has 1 fully saturated rings. The van der Waals surface area contributed by atoms with E-state index >= 15 is 0 Å². The summed E-state index contributed by atoms with van der Waals surface area (Å²) in [4.78, 5) is 7.13. The summed E-state index contributed by atoms with van der Waals surface area (Å²) in [5.74, 6) is 0.743. The molecule has 1 saturated heterocycles. The van der Waals surface area contributed by atoms with Crippen molar-refractivity contribution in [3.63, 3.8) is 0 Å². The van der Waals surface area contributed by atoms with Crippen molar-refractivity contribution in [3.05, 3.63) is 35.1 Å². The minimum Gasteiger partial charge on any atom is -0.491 e. The third-order valence-electron chi connectivity index (χ3n) is 4.87. The fraction of sp³-hybridized carbons (Fsp3) is 0.571. The number of ether oxygens (including phenoxy) is 1. The molecule has 1 N–H and O–H groups in total. The Morgan fingerprint density at radius 3 is 3.04 bits per heavy atom. The lowest BCUT2D eigenvalue weighted by atomic mass is 10.0. The van der Waals surface area contributed by atoms with E-state index in [4.69, 9.17) is 4.74 Å². The predicted molar refractivity (Wildman–Crippen MR) is 110 cm³/mol. The van der Waals surface area contributed by atoms with Crippen LogP contribution in [0.5, 0.6) is 5.75 Å². The fourth-order valence-electron chi connectivity index (χ4n) is 3.45. The second kappa shape index (κ2) is 10.0. The summed E-state index contributed by atoms with van der Waals surface area (Å²) >= 11 is 1.56. The van der Waals surface area contributed by atoms with Gasteiger partial charge in [0.05, 0.1) is 12.3 Å². The van der Waals surface area contributed by atoms with Crippen LogP contribution in [0.25, 0.3) is 0 Å². The van der Waals surface area contributed by atoms with Gasteiger partial charge in [0.1, 0.15) is 0 Å². The first-order chi connectivity index (χ1) is 13.1. The highest BCUT2D eigenvalue weighted by atomic mass is 32.1. The maximum atomic E-state index is 14.2. The first-order valence-corrected chi connectivity index (χ1v) is 10.9. The van der Waals surface area contributed by atoms with Crippen LogP contribution in [0.1, 0.15) is 51.6 Å². The van der Waals surface area contributed by atoms with Crippen LogP contribution in [0.2, 0.25) is 0 Å². The minimum absolute atomic E-state index is 0.315. The lowest BCUT2D eigenvalue weighted by Crippen LogP contribution is -2.33. The number of thiazole rings is 1. The first-order valence-electron chi connectivity index (χ1n) is 10.00. The summed E-state index contributed by atoms with van der Waals surface area (Å²) in [6.07, 6.45) is 5.77. The van der Waals surface area contributed by atoms with Crippen LogP contribution in [-0.2, 0) is 6.54 Å². The largest absolute Gasteiger partial charge is 0.491 e. The predicted octanol–water partition coefficient (Wildman–Crippen LogP) is 5.83. The van der Waals surface area contributed by atoms with Crippen molar-refractivity contribution in [3.8, 4) is 5.75 Å². The average Bonchev–Trinajstić information content (AvgIpc) is 3.07. The number of aromatic nitrogens is 1. The smallest absolute Gasteiger partial charge is 0.187 e. The zero-order chi connectivity index (χ0) is 19.1. The maximum Gasteiger partial charge on any atom is 0.187 e. The van der Waals surface area contributed by atoms with Gasteiger partial charge in [0.25, 0.3) is 0 Å².